The smallest absolute Gasteiger partial charge is 0.387 e. The molecule has 0 rings (SSSR count). The Bertz CT molecular complexity index is 191. The van der Waals surface area contributed by atoms with Crippen LogP contribution in [0.3, 0.4) is 0 Å². The normalized spacial score (nSPS) is 14.4. The van der Waals surface area contributed by atoms with Gasteiger partial charge in [0.05, 0.1) is 12.4 Å². The van der Waals surface area contributed by atoms with E-state index in [0.717, 1.165) is 0 Å². The second-order valence-corrected chi connectivity index (χ2v) is 3.30. The highest BCUT2D eigenvalue weighted by Crippen LogP contribution is 2.16. The number of amidine groups is 1. The second kappa shape index (κ2) is 5.19. The summed E-state index contributed by atoms with van der Waals surface area (Å²) in [5.74, 6) is -0.414. The number of nitrogens with two attached hydrogens (primary N) is 1. The van der Waals surface area contributed by atoms with Crippen molar-refractivity contribution in [2.75, 3.05) is 19.6 Å². The quantitative estimate of drug-likeness (QED) is 0.534. The summed E-state index contributed by atoms with van der Waals surface area (Å²) < 4.78 is 36.1. The van der Waals surface area contributed by atoms with Crippen molar-refractivity contribution in [2.24, 2.45) is 11.7 Å². The first kappa shape index (κ1) is 13.2. The number of nitrogens with one attached hydrogen (secondary N) is 1. The molecule has 0 radical (unpaired) electrons. The molecule has 0 heterocycles. The molecule has 3 nitrogen and oxygen atoms in total. The lowest BCUT2D eigenvalue weighted by molar-refractivity contribution is -0.146. The van der Waals surface area contributed by atoms with Crippen LogP contribution in [0.5, 0.6) is 0 Å². The Hall–Kier alpha value is -0.780. The van der Waals surface area contributed by atoms with E-state index in [9.17, 15) is 13.2 Å². The van der Waals surface area contributed by atoms with Crippen molar-refractivity contribution in [3.8, 4) is 0 Å². The van der Waals surface area contributed by atoms with Gasteiger partial charge in [0.1, 0.15) is 0 Å². The minimum Gasteiger partial charge on any atom is -0.387 e. The number of hydrogen-bond acceptors (Lipinski definition) is 2. The predicted octanol–water partition coefficient (Wildman–Crippen LogP) is 1.44. The molecule has 1 unspecified atom stereocenters. The maximum atomic E-state index is 12.0. The highest BCUT2D eigenvalue weighted by atomic mass is 19.4. The molecule has 14 heavy (non-hydrogen) atoms. The van der Waals surface area contributed by atoms with E-state index in [2.05, 4.69) is 0 Å². The van der Waals surface area contributed by atoms with Crippen molar-refractivity contribution in [3.63, 3.8) is 0 Å². The number of rotatable bonds is 5. The Labute approximate surface area is 81.6 Å². The van der Waals surface area contributed by atoms with E-state index in [4.69, 9.17) is 11.1 Å². The first-order chi connectivity index (χ1) is 6.26. The van der Waals surface area contributed by atoms with Crippen LogP contribution in [0.4, 0.5) is 13.2 Å². The summed E-state index contributed by atoms with van der Waals surface area (Å²) in [4.78, 5) is 1.23. The SMILES string of the molecule is CCN(CC(C)C(=N)N)CC(F)(F)F. The summed E-state index contributed by atoms with van der Waals surface area (Å²) >= 11 is 0. The largest absolute Gasteiger partial charge is 0.401 e. The van der Waals surface area contributed by atoms with Crippen LogP contribution in [-0.4, -0.2) is 36.5 Å². The van der Waals surface area contributed by atoms with Crippen molar-refractivity contribution in [1.29, 1.82) is 5.41 Å². The zero-order chi connectivity index (χ0) is 11.4. The average Bonchev–Trinajstić information content (AvgIpc) is 2.00. The second-order valence-electron chi connectivity index (χ2n) is 3.30. The van der Waals surface area contributed by atoms with E-state index in [0.29, 0.717) is 6.54 Å². The fraction of sp³-hybridized carbons (Fsp3) is 0.875. The first-order valence-electron chi connectivity index (χ1n) is 4.39. The van der Waals surface area contributed by atoms with E-state index in [-0.39, 0.29) is 18.3 Å². The lowest BCUT2D eigenvalue weighted by Gasteiger charge is -2.24. The van der Waals surface area contributed by atoms with Crippen molar-refractivity contribution in [3.05, 3.63) is 0 Å². The van der Waals surface area contributed by atoms with E-state index < -0.39 is 12.7 Å². The summed E-state index contributed by atoms with van der Waals surface area (Å²) in [6.07, 6.45) is -4.19. The summed E-state index contributed by atoms with van der Waals surface area (Å²) in [5.41, 5.74) is 5.18. The van der Waals surface area contributed by atoms with Gasteiger partial charge < -0.3 is 5.73 Å². The monoisotopic (exact) mass is 211 g/mol. The molecule has 0 bridgehead atoms. The van der Waals surface area contributed by atoms with Crippen LogP contribution in [0.15, 0.2) is 0 Å². The molecule has 0 aliphatic carbocycles. The third-order valence-corrected chi connectivity index (χ3v) is 1.91. The molecule has 0 aliphatic heterocycles. The minimum atomic E-state index is -4.19. The highest BCUT2D eigenvalue weighted by molar-refractivity contribution is 5.79. The molecule has 0 amide bonds. The number of nitrogens with zero attached hydrogens (tertiary/aromatic N) is 1. The van der Waals surface area contributed by atoms with Crippen molar-refractivity contribution >= 4 is 5.84 Å². The van der Waals surface area contributed by atoms with Gasteiger partial charge >= 0.3 is 6.18 Å². The number of alkyl halides is 3. The van der Waals surface area contributed by atoms with Crippen LogP contribution in [0.2, 0.25) is 0 Å². The minimum absolute atomic E-state index is 0.0781. The summed E-state index contributed by atoms with van der Waals surface area (Å²) in [6, 6.07) is 0. The van der Waals surface area contributed by atoms with Gasteiger partial charge in [0.25, 0.3) is 0 Å². The fourth-order valence-electron chi connectivity index (χ4n) is 1.04. The maximum absolute atomic E-state index is 12.0. The molecule has 0 spiro atoms. The third-order valence-electron chi connectivity index (χ3n) is 1.91. The molecule has 0 aliphatic rings. The Kier molecular flexibility index (Phi) is 4.90. The molecule has 0 fully saturated rings. The molecule has 0 aromatic rings. The lowest BCUT2D eigenvalue weighted by Crippen LogP contribution is -2.39. The Morgan fingerprint density at radius 3 is 2.29 bits per heavy atom. The zero-order valence-electron chi connectivity index (χ0n) is 8.36. The molecule has 84 valence electrons. The molecule has 0 aromatic heterocycles. The maximum Gasteiger partial charge on any atom is 0.401 e. The molecule has 3 N–H and O–H groups in total. The lowest BCUT2D eigenvalue weighted by atomic mass is 10.1. The van der Waals surface area contributed by atoms with Crippen LogP contribution in [0.25, 0.3) is 0 Å². The van der Waals surface area contributed by atoms with Crippen LogP contribution in [-0.2, 0) is 0 Å². The van der Waals surface area contributed by atoms with Gasteiger partial charge in [0.2, 0.25) is 0 Å². The summed E-state index contributed by atoms with van der Waals surface area (Å²) in [6.45, 7) is 2.82. The van der Waals surface area contributed by atoms with Gasteiger partial charge in [-0.3, -0.25) is 10.3 Å². The average molecular weight is 211 g/mol. The van der Waals surface area contributed by atoms with Gasteiger partial charge in [-0.15, -0.1) is 0 Å². The summed E-state index contributed by atoms with van der Waals surface area (Å²) in [7, 11) is 0. The molecule has 6 heteroatoms. The van der Waals surface area contributed by atoms with Gasteiger partial charge in [-0.25, -0.2) is 0 Å². The van der Waals surface area contributed by atoms with Crippen LogP contribution in [0, 0.1) is 11.3 Å². The van der Waals surface area contributed by atoms with Gasteiger partial charge in [-0.05, 0) is 6.54 Å². The fourth-order valence-corrected chi connectivity index (χ4v) is 1.04. The standard InChI is InChI=1S/C8H16F3N3/c1-3-14(5-8(9,10)11)4-6(2)7(12)13/h6H,3-5H2,1-2H3,(H3,12,13). The zero-order valence-corrected chi connectivity index (χ0v) is 8.36. The first-order valence-corrected chi connectivity index (χ1v) is 4.39. The number of halogens is 3. The van der Waals surface area contributed by atoms with Gasteiger partial charge in [0, 0.05) is 12.5 Å². The van der Waals surface area contributed by atoms with E-state index in [1.54, 1.807) is 13.8 Å². The predicted molar refractivity (Wildman–Crippen MR) is 49.2 cm³/mol. The van der Waals surface area contributed by atoms with E-state index >= 15 is 0 Å². The van der Waals surface area contributed by atoms with E-state index in [1.807, 2.05) is 0 Å². The molecular weight excluding hydrogens is 195 g/mol. The third kappa shape index (κ3) is 5.80. The molecule has 0 saturated heterocycles. The van der Waals surface area contributed by atoms with Crippen LogP contribution >= 0.6 is 0 Å². The number of hydrogen-bond donors (Lipinski definition) is 2. The van der Waals surface area contributed by atoms with Gasteiger partial charge in [-0.2, -0.15) is 13.2 Å². The van der Waals surface area contributed by atoms with E-state index in [1.165, 1.54) is 4.90 Å². The highest BCUT2D eigenvalue weighted by Gasteiger charge is 2.30. The van der Waals surface area contributed by atoms with Crippen molar-refractivity contribution in [2.45, 2.75) is 20.0 Å². The van der Waals surface area contributed by atoms with Crippen LogP contribution in [0.1, 0.15) is 13.8 Å². The molecular formula is C8H16F3N3. The van der Waals surface area contributed by atoms with Gasteiger partial charge in [-0.1, -0.05) is 13.8 Å². The molecule has 0 saturated carbocycles. The Morgan fingerprint density at radius 1 is 1.50 bits per heavy atom. The topological polar surface area (TPSA) is 53.1 Å². The Balaban J connectivity index is 4.10. The van der Waals surface area contributed by atoms with Crippen molar-refractivity contribution < 1.29 is 13.2 Å². The van der Waals surface area contributed by atoms with Gasteiger partial charge in [0.15, 0.2) is 0 Å². The van der Waals surface area contributed by atoms with Crippen LogP contribution < -0.4 is 5.73 Å². The Morgan fingerprint density at radius 2 is 2.00 bits per heavy atom. The summed E-state index contributed by atoms with van der Waals surface area (Å²) in [5, 5.41) is 7.07. The molecule has 0 aromatic carbocycles. The van der Waals surface area contributed by atoms with Crippen molar-refractivity contribution in [1.82, 2.24) is 4.90 Å². The molecule has 1 atom stereocenters.